The number of hydrogen-bond acceptors (Lipinski definition) is 2. The Morgan fingerprint density at radius 3 is 2.45 bits per heavy atom. The first kappa shape index (κ1) is 14.3. The van der Waals surface area contributed by atoms with E-state index in [9.17, 15) is 4.79 Å². The minimum absolute atomic E-state index is 0.170. The molecule has 0 unspecified atom stereocenters. The Balaban J connectivity index is 2.03. The number of rotatable bonds is 4. The monoisotopic (exact) mass is 268 g/mol. The van der Waals surface area contributed by atoms with E-state index in [0.29, 0.717) is 0 Å². The molecule has 2 rings (SSSR count). The van der Waals surface area contributed by atoms with E-state index in [4.69, 9.17) is 5.73 Å². The van der Waals surface area contributed by atoms with E-state index in [1.54, 1.807) is 6.92 Å². The van der Waals surface area contributed by atoms with Crippen LogP contribution in [0, 0.1) is 6.92 Å². The highest BCUT2D eigenvalue weighted by Gasteiger charge is 2.07. The van der Waals surface area contributed by atoms with Crippen LogP contribution in [-0.4, -0.2) is 11.9 Å². The van der Waals surface area contributed by atoms with Gasteiger partial charge in [-0.1, -0.05) is 42.0 Å². The molecule has 0 fully saturated rings. The number of benzene rings is 2. The van der Waals surface area contributed by atoms with Crippen molar-refractivity contribution in [2.45, 2.75) is 26.3 Å². The third-order valence-corrected chi connectivity index (χ3v) is 3.13. The maximum absolute atomic E-state index is 11.5. The second-order valence-corrected chi connectivity index (χ2v) is 5.14. The van der Waals surface area contributed by atoms with Gasteiger partial charge >= 0.3 is 0 Å². The number of aryl methyl sites for hydroxylation is 1. The molecule has 0 saturated heterocycles. The quantitative estimate of drug-likeness (QED) is 0.896. The lowest BCUT2D eigenvalue weighted by Crippen LogP contribution is -2.32. The smallest absolute Gasteiger partial charge is 0.240 e. The minimum atomic E-state index is -0.498. The Bertz CT molecular complexity index is 588. The van der Waals surface area contributed by atoms with Gasteiger partial charge in [0.2, 0.25) is 5.91 Å². The molecule has 3 N–H and O–H groups in total. The predicted octanol–water partition coefficient (Wildman–Crippen LogP) is 2.87. The zero-order valence-corrected chi connectivity index (χ0v) is 11.9. The number of hydrogen-bond donors (Lipinski definition) is 2. The van der Waals surface area contributed by atoms with Crippen LogP contribution in [0.3, 0.4) is 0 Å². The summed E-state index contributed by atoms with van der Waals surface area (Å²) in [4.78, 5) is 11.5. The van der Waals surface area contributed by atoms with Gasteiger partial charge in [0, 0.05) is 5.69 Å². The Labute approximate surface area is 119 Å². The second kappa shape index (κ2) is 6.35. The fourth-order valence-electron chi connectivity index (χ4n) is 2.02. The Morgan fingerprint density at radius 1 is 1.15 bits per heavy atom. The standard InChI is InChI=1S/C17H20N2O/c1-12-4-3-5-15(10-12)11-14-6-8-16(9-7-14)19-17(20)13(2)18/h3-10,13H,11,18H2,1-2H3,(H,19,20)/t13-/m0/s1. The lowest BCUT2D eigenvalue weighted by Gasteiger charge is -2.09. The van der Waals surface area contributed by atoms with Crippen molar-refractivity contribution in [2.24, 2.45) is 5.73 Å². The van der Waals surface area contributed by atoms with Gasteiger partial charge in [0.05, 0.1) is 6.04 Å². The highest BCUT2D eigenvalue weighted by molar-refractivity contribution is 5.94. The second-order valence-electron chi connectivity index (χ2n) is 5.14. The highest BCUT2D eigenvalue weighted by atomic mass is 16.2. The third-order valence-electron chi connectivity index (χ3n) is 3.13. The molecular weight excluding hydrogens is 248 g/mol. The topological polar surface area (TPSA) is 55.1 Å². The SMILES string of the molecule is Cc1cccc(Cc2ccc(NC(=O)[C@H](C)N)cc2)c1. The number of carbonyl (C=O) groups excluding carboxylic acids is 1. The molecule has 0 aliphatic rings. The first-order valence-corrected chi connectivity index (χ1v) is 6.75. The molecule has 1 atom stereocenters. The van der Waals surface area contributed by atoms with Crippen LogP contribution in [0.25, 0.3) is 0 Å². The highest BCUT2D eigenvalue weighted by Crippen LogP contribution is 2.14. The number of amides is 1. The molecule has 1 amide bonds. The van der Waals surface area contributed by atoms with Gasteiger partial charge in [0.1, 0.15) is 0 Å². The maximum Gasteiger partial charge on any atom is 0.240 e. The van der Waals surface area contributed by atoms with Crippen LogP contribution in [0.15, 0.2) is 48.5 Å². The van der Waals surface area contributed by atoms with E-state index >= 15 is 0 Å². The van der Waals surface area contributed by atoms with Gasteiger partial charge in [0.15, 0.2) is 0 Å². The lowest BCUT2D eigenvalue weighted by molar-refractivity contribution is -0.117. The molecule has 3 heteroatoms. The summed E-state index contributed by atoms with van der Waals surface area (Å²) in [7, 11) is 0. The average Bonchev–Trinajstić information content (AvgIpc) is 2.41. The van der Waals surface area contributed by atoms with E-state index < -0.39 is 6.04 Å². The average molecular weight is 268 g/mol. The van der Waals surface area contributed by atoms with E-state index in [1.807, 2.05) is 24.3 Å². The van der Waals surface area contributed by atoms with Crippen molar-refractivity contribution in [1.29, 1.82) is 0 Å². The molecule has 0 heterocycles. The van der Waals surface area contributed by atoms with Crippen LogP contribution in [0.4, 0.5) is 5.69 Å². The van der Waals surface area contributed by atoms with Crippen LogP contribution >= 0.6 is 0 Å². The van der Waals surface area contributed by atoms with Gasteiger partial charge in [0.25, 0.3) is 0 Å². The van der Waals surface area contributed by atoms with Crippen molar-refractivity contribution < 1.29 is 4.79 Å². The number of carbonyl (C=O) groups is 1. The lowest BCUT2D eigenvalue weighted by atomic mass is 10.0. The maximum atomic E-state index is 11.5. The molecule has 0 saturated carbocycles. The molecule has 0 radical (unpaired) electrons. The fraction of sp³-hybridized carbons (Fsp3) is 0.235. The fourth-order valence-corrected chi connectivity index (χ4v) is 2.02. The molecule has 104 valence electrons. The zero-order chi connectivity index (χ0) is 14.5. The van der Waals surface area contributed by atoms with Crippen LogP contribution in [0.2, 0.25) is 0 Å². The van der Waals surface area contributed by atoms with Gasteiger partial charge in [-0.3, -0.25) is 4.79 Å². The van der Waals surface area contributed by atoms with Crippen molar-refractivity contribution >= 4 is 11.6 Å². The molecular formula is C17H20N2O. The first-order valence-electron chi connectivity index (χ1n) is 6.75. The van der Waals surface area contributed by atoms with Gasteiger partial charge in [-0.15, -0.1) is 0 Å². The predicted molar refractivity (Wildman–Crippen MR) is 82.7 cm³/mol. The van der Waals surface area contributed by atoms with Gasteiger partial charge in [-0.25, -0.2) is 0 Å². The molecule has 20 heavy (non-hydrogen) atoms. The summed E-state index contributed by atoms with van der Waals surface area (Å²) in [5, 5.41) is 2.78. The summed E-state index contributed by atoms with van der Waals surface area (Å²) in [5.74, 6) is -0.170. The molecule has 3 nitrogen and oxygen atoms in total. The summed E-state index contributed by atoms with van der Waals surface area (Å²) in [6.45, 7) is 3.76. The molecule has 0 bridgehead atoms. The van der Waals surface area contributed by atoms with Crippen LogP contribution in [-0.2, 0) is 11.2 Å². The third kappa shape index (κ3) is 3.93. The molecule has 0 aromatic heterocycles. The molecule has 0 spiro atoms. The van der Waals surface area contributed by atoms with Crippen molar-refractivity contribution in [1.82, 2.24) is 0 Å². The Hall–Kier alpha value is -2.13. The summed E-state index contributed by atoms with van der Waals surface area (Å²) in [6.07, 6.45) is 0.892. The number of nitrogens with one attached hydrogen (secondary N) is 1. The van der Waals surface area contributed by atoms with E-state index in [0.717, 1.165) is 12.1 Å². The van der Waals surface area contributed by atoms with Crippen molar-refractivity contribution in [2.75, 3.05) is 5.32 Å². The molecule has 0 aliphatic carbocycles. The van der Waals surface area contributed by atoms with Crippen LogP contribution in [0.1, 0.15) is 23.6 Å². The van der Waals surface area contributed by atoms with E-state index in [2.05, 4.69) is 36.5 Å². The summed E-state index contributed by atoms with van der Waals surface area (Å²) in [6, 6.07) is 15.8. The van der Waals surface area contributed by atoms with E-state index in [-0.39, 0.29) is 5.91 Å². The summed E-state index contributed by atoms with van der Waals surface area (Å²) >= 11 is 0. The summed E-state index contributed by atoms with van der Waals surface area (Å²) < 4.78 is 0. The van der Waals surface area contributed by atoms with Gasteiger partial charge in [-0.2, -0.15) is 0 Å². The molecule has 2 aromatic rings. The number of nitrogens with two attached hydrogens (primary N) is 1. The van der Waals surface area contributed by atoms with E-state index in [1.165, 1.54) is 16.7 Å². The van der Waals surface area contributed by atoms with Crippen molar-refractivity contribution in [3.8, 4) is 0 Å². The summed E-state index contributed by atoms with van der Waals surface area (Å²) in [5.41, 5.74) is 10.1. The molecule has 0 aliphatic heterocycles. The number of anilines is 1. The van der Waals surface area contributed by atoms with Gasteiger partial charge < -0.3 is 11.1 Å². The van der Waals surface area contributed by atoms with Gasteiger partial charge in [-0.05, 0) is 43.5 Å². The van der Waals surface area contributed by atoms with Crippen molar-refractivity contribution in [3.63, 3.8) is 0 Å². The van der Waals surface area contributed by atoms with Crippen LogP contribution in [0.5, 0.6) is 0 Å². The zero-order valence-electron chi connectivity index (χ0n) is 11.9. The molecule has 2 aromatic carbocycles. The first-order chi connectivity index (χ1) is 9.54. The Kier molecular flexibility index (Phi) is 4.53. The normalized spacial score (nSPS) is 11.9. The Morgan fingerprint density at radius 2 is 1.85 bits per heavy atom. The largest absolute Gasteiger partial charge is 0.325 e. The minimum Gasteiger partial charge on any atom is -0.325 e. The van der Waals surface area contributed by atoms with Crippen LogP contribution < -0.4 is 11.1 Å². The van der Waals surface area contributed by atoms with Crippen molar-refractivity contribution in [3.05, 3.63) is 65.2 Å².